The summed E-state index contributed by atoms with van der Waals surface area (Å²) in [5.74, 6) is 0. The predicted octanol–water partition coefficient (Wildman–Crippen LogP) is 4.17. The Morgan fingerprint density at radius 1 is 1.27 bits per heavy atom. The summed E-state index contributed by atoms with van der Waals surface area (Å²) in [5.41, 5.74) is 3.07. The zero-order valence-corrected chi connectivity index (χ0v) is 9.46. The second kappa shape index (κ2) is 6.03. The molecule has 0 saturated carbocycles. The monoisotopic (exact) mass is 199 g/mol. The number of unbranched alkanes of at least 4 members (excludes halogenated alkanes) is 1. The smallest absolute Gasteiger partial charge is 0.0997 e. The highest BCUT2D eigenvalue weighted by Gasteiger charge is 2.03. The zero-order chi connectivity index (χ0) is 11.1. The van der Waals surface area contributed by atoms with E-state index in [1.165, 1.54) is 12.0 Å². The number of hydrogen-bond donors (Lipinski definition) is 0. The van der Waals surface area contributed by atoms with Gasteiger partial charge in [0.25, 0.3) is 0 Å². The summed E-state index contributed by atoms with van der Waals surface area (Å²) in [4.78, 5) is 0. The van der Waals surface area contributed by atoms with Gasteiger partial charge in [0.2, 0.25) is 0 Å². The lowest BCUT2D eigenvalue weighted by molar-refractivity contribution is 0.789. The predicted molar refractivity (Wildman–Crippen MR) is 64.2 cm³/mol. The Labute approximate surface area is 92.1 Å². The fourth-order valence-electron chi connectivity index (χ4n) is 1.58. The molecule has 1 aromatic carbocycles. The summed E-state index contributed by atoms with van der Waals surface area (Å²) in [5, 5.41) is 9.14. The van der Waals surface area contributed by atoms with E-state index < -0.39 is 0 Å². The molecule has 0 heterocycles. The number of rotatable bonds is 4. The van der Waals surface area contributed by atoms with Gasteiger partial charge in [-0.05, 0) is 25.3 Å². The van der Waals surface area contributed by atoms with Crippen molar-refractivity contribution in [3.05, 3.63) is 41.5 Å². The van der Waals surface area contributed by atoms with Gasteiger partial charge in [0.05, 0.1) is 11.6 Å². The van der Waals surface area contributed by atoms with Crippen molar-refractivity contribution in [2.75, 3.05) is 0 Å². The minimum atomic E-state index is 0.837. The van der Waals surface area contributed by atoms with Gasteiger partial charge in [-0.2, -0.15) is 5.26 Å². The van der Waals surface area contributed by atoms with E-state index in [-0.39, 0.29) is 0 Å². The van der Waals surface area contributed by atoms with Crippen LogP contribution in [0.1, 0.15) is 38.7 Å². The Morgan fingerprint density at radius 3 is 2.47 bits per heavy atom. The normalized spacial score (nSPS) is 11.8. The van der Waals surface area contributed by atoms with E-state index in [2.05, 4.69) is 19.9 Å². The van der Waals surface area contributed by atoms with E-state index in [9.17, 15) is 0 Å². The van der Waals surface area contributed by atoms with Crippen molar-refractivity contribution in [3.63, 3.8) is 0 Å². The second-order valence-electron chi connectivity index (χ2n) is 3.74. The van der Waals surface area contributed by atoms with Crippen LogP contribution in [-0.4, -0.2) is 0 Å². The molecule has 0 aliphatic carbocycles. The molecule has 0 N–H and O–H groups in total. The highest BCUT2D eigenvalue weighted by molar-refractivity contribution is 5.78. The van der Waals surface area contributed by atoms with Crippen molar-refractivity contribution >= 4 is 5.57 Å². The van der Waals surface area contributed by atoms with Gasteiger partial charge in [-0.1, -0.05) is 49.2 Å². The fourth-order valence-corrected chi connectivity index (χ4v) is 1.58. The molecule has 0 aromatic heterocycles. The maximum Gasteiger partial charge on any atom is 0.0997 e. The Balaban J connectivity index is 2.94. The molecule has 0 bridgehead atoms. The average molecular weight is 199 g/mol. The van der Waals surface area contributed by atoms with Gasteiger partial charge in [-0.25, -0.2) is 0 Å². The van der Waals surface area contributed by atoms with Crippen LogP contribution in [0.15, 0.2) is 35.9 Å². The topological polar surface area (TPSA) is 23.8 Å². The third-order valence-electron chi connectivity index (χ3n) is 2.51. The van der Waals surface area contributed by atoms with Gasteiger partial charge in [0.1, 0.15) is 0 Å². The third-order valence-corrected chi connectivity index (χ3v) is 2.51. The van der Waals surface area contributed by atoms with Crippen molar-refractivity contribution in [3.8, 4) is 6.07 Å². The Morgan fingerprint density at radius 2 is 1.93 bits per heavy atom. The van der Waals surface area contributed by atoms with Crippen LogP contribution in [0, 0.1) is 11.3 Å². The summed E-state index contributed by atoms with van der Waals surface area (Å²) in [7, 11) is 0. The number of nitrogens with zero attached hydrogens (tertiary/aromatic N) is 1. The average Bonchev–Trinajstić information content (AvgIpc) is 2.29. The third kappa shape index (κ3) is 3.25. The molecule has 0 aliphatic heterocycles. The molecular formula is C14H17N. The first-order chi connectivity index (χ1) is 7.29. The lowest BCUT2D eigenvalue weighted by atomic mass is 9.98. The molecule has 1 aromatic rings. The van der Waals surface area contributed by atoms with Crippen molar-refractivity contribution in [1.82, 2.24) is 0 Å². The Kier molecular flexibility index (Phi) is 4.63. The number of benzene rings is 1. The van der Waals surface area contributed by atoms with E-state index >= 15 is 0 Å². The van der Waals surface area contributed by atoms with E-state index in [0.29, 0.717) is 0 Å². The summed E-state index contributed by atoms with van der Waals surface area (Å²) in [6.07, 6.45) is 3.35. The van der Waals surface area contributed by atoms with E-state index in [1.807, 2.05) is 30.3 Å². The van der Waals surface area contributed by atoms with E-state index in [1.54, 1.807) is 0 Å². The minimum Gasteiger partial charge on any atom is -0.192 e. The van der Waals surface area contributed by atoms with Crippen LogP contribution < -0.4 is 0 Å². The van der Waals surface area contributed by atoms with E-state index in [4.69, 9.17) is 5.26 Å². The Hall–Kier alpha value is -1.55. The first kappa shape index (κ1) is 11.5. The number of nitriles is 1. The van der Waals surface area contributed by atoms with Crippen LogP contribution in [0.2, 0.25) is 0 Å². The largest absolute Gasteiger partial charge is 0.192 e. The summed E-state index contributed by atoms with van der Waals surface area (Å²) in [6.45, 7) is 4.23. The second-order valence-corrected chi connectivity index (χ2v) is 3.74. The van der Waals surface area contributed by atoms with Crippen LogP contribution in [0.4, 0.5) is 0 Å². The SMILES string of the molecule is CCCC/C(C)=C(\C#N)c1ccccc1. The van der Waals surface area contributed by atoms with Crippen LogP contribution in [-0.2, 0) is 0 Å². The summed E-state index contributed by atoms with van der Waals surface area (Å²) < 4.78 is 0. The van der Waals surface area contributed by atoms with Gasteiger partial charge in [-0.3, -0.25) is 0 Å². The molecule has 0 unspecified atom stereocenters. The van der Waals surface area contributed by atoms with Gasteiger partial charge >= 0.3 is 0 Å². The van der Waals surface area contributed by atoms with Gasteiger partial charge < -0.3 is 0 Å². The van der Waals surface area contributed by atoms with Crippen LogP contribution in [0.5, 0.6) is 0 Å². The van der Waals surface area contributed by atoms with Crippen LogP contribution in [0.25, 0.3) is 5.57 Å². The first-order valence-corrected chi connectivity index (χ1v) is 5.44. The van der Waals surface area contributed by atoms with Crippen LogP contribution >= 0.6 is 0 Å². The van der Waals surface area contributed by atoms with Crippen molar-refractivity contribution < 1.29 is 0 Å². The molecule has 0 saturated heterocycles. The molecule has 78 valence electrons. The van der Waals surface area contributed by atoms with Gasteiger partial charge in [-0.15, -0.1) is 0 Å². The summed E-state index contributed by atoms with van der Waals surface area (Å²) >= 11 is 0. The van der Waals surface area contributed by atoms with Gasteiger partial charge in [0.15, 0.2) is 0 Å². The molecule has 1 heteroatoms. The molecule has 0 atom stereocenters. The molecular weight excluding hydrogens is 182 g/mol. The van der Waals surface area contributed by atoms with E-state index in [0.717, 1.165) is 24.0 Å². The molecule has 0 aliphatic rings. The highest BCUT2D eigenvalue weighted by Crippen LogP contribution is 2.21. The highest BCUT2D eigenvalue weighted by atomic mass is 14.3. The van der Waals surface area contributed by atoms with Crippen LogP contribution in [0.3, 0.4) is 0 Å². The first-order valence-electron chi connectivity index (χ1n) is 5.44. The molecule has 0 amide bonds. The maximum absolute atomic E-state index is 9.14. The number of hydrogen-bond acceptors (Lipinski definition) is 1. The quantitative estimate of drug-likeness (QED) is 0.667. The molecule has 0 spiro atoms. The zero-order valence-electron chi connectivity index (χ0n) is 9.46. The standard InChI is InChI=1S/C14H17N/c1-3-4-8-12(2)14(11-15)13-9-6-5-7-10-13/h5-7,9-10H,3-4,8H2,1-2H3/b14-12+. The molecule has 0 radical (unpaired) electrons. The lowest BCUT2D eigenvalue weighted by Gasteiger charge is -2.04. The van der Waals surface area contributed by atoms with Crippen molar-refractivity contribution in [1.29, 1.82) is 5.26 Å². The molecule has 1 rings (SSSR count). The van der Waals surface area contributed by atoms with Crippen molar-refractivity contribution in [2.45, 2.75) is 33.1 Å². The fraction of sp³-hybridized carbons (Fsp3) is 0.357. The maximum atomic E-state index is 9.14. The molecule has 15 heavy (non-hydrogen) atoms. The molecule has 1 nitrogen and oxygen atoms in total. The van der Waals surface area contributed by atoms with Gasteiger partial charge in [0, 0.05) is 0 Å². The minimum absolute atomic E-state index is 0.837. The molecule has 0 fully saturated rings. The van der Waals surface area contributed by atoms with Crippen molar-refractivity contribution in [2.24, 2.45) is 0 Å². The number of allylic oxidation sites excluding steroid dienone is 2. The Bertz CT molecular complexity index is 368. The lowest BCUT2D eigenvalue weighted by Crippen LogP contribution is -1.87. The summed E-state index contributed by atoms with van der Waals surface area (Å²) in [6, 6.07) is 12.2.